The predicted molar refractivity (Wildman–Crippen MR) is 72.8 cm³/mol. The van der Waals surface area contributed by atoms with Gasteiger partial charge in [0.2, 0.25) is 5.91 Å². The first-order chi connectivity index (χ1) is 8.81. The van der Waals surface area contributed by atoms with E-state index in [4.69, 9.17) is 10.5 Å². The van der Waals surface area contributed by atoms with Crippen molar-refractivity contribution < 1.29 is 9.90 Å². The highest BCUT2D eigenvalue weighted by molar-refractivity contribution is 5.84. The smallest absolute Gasteiger partial charge is 0.245 e. The van der Waals surface area contributed by atoms with Crippen LogP contribution < -0.4 is 10.6 Å². The normalized spacial score (nSPS) is 12.2. The van der Waals surface area contributed by atoms with Crippen molar-refractivity contribution in [3.05, 3.63) is 35.9 Å². The molecule has 0 radical (unpaired) electrons. The second-order valence-corrected chi connectivity index (χ2v) is 3.59. The number of nitrogens with one attached hydrogen (secondary N) is 3. The van der Waals surface area contributed by atoms with Crippen molar-refractivity contribution in [1.29, 1.82) is 5.41 Å². The molecule has 0 aliphatic carbocycles. The van der Waals surface area contributed by atoms with Crippen LogP contribution in [0.15, 0.2) is 30.3 Å². The highest BCUT2D eigenvalue weighted by Gasteiger charge is 2.11. The lowest BCUT2D eigenvalue weighted by Crippen LogP contribution is -2.28. The number of amides is 1. The van der Waals surface area contributed by atoms with Crippen LogP contribution in [0.1, 0.15) is 5.56 Å². The van der Waals surface area contributed by atoms with Crippen molar-refractivity contribution in [2.75, 3.05) is 25.0 Å². The summed E-state index contributed by atoms with van der Waals surface area (Å²) in [6.45, 7) is 3.26. The van der Waals surface area contributed by atoms with Crippen LogP contribution in [0.5, 0.6) is 0 Å². The monoisotopic (exact) mass is 247 g/mol. The predicted octanol–water partition coefficient (Wildman–Crippen LogP) is 0.870. The van der Waals surface area contributed by atoms with Gasteiger partial charge in [-0.3, -0.25) is 4.79 Å². The number of rotatable bonds is 3. The maximum atomic E-state index is 11.0. The number of aliphatic hydroxyl groups excluding tert-OH is 1. The molecule has 96 valence electrons. The molecule has 4 N–H and O–H groups in total. The van der Waals surface area contributed by atoms with E-state index in [1.165, 1.54) is 0 Å². The lowest BCUT2D eigenvalue weighted by Gasteiger charge is -2.19. The summed E-state index contributed by atoms with van der Waals surface area (Å²) in [6, 6.07) is 7.96. The van der Waals surface area contributed by atoms with Gasteiger partial charge in [-0.05, 0) is 18.4 Å². The number of hydrogen-bond donors (Lipinski definition) is 4. The van der Waals surface area contributed by atoms with E-state index >= 15 is 0 Å². The average Bonchev–Trinajstić information content (AvgIpc) is 2.46. The van der Waals surface area contributed by atoms with E-state index in [2.05, 4.69) is 17.4 Å². The molecule has 0 saturated heterocycles. The zero-order chi connectivity index (χ0) is 13.4. The SMILES string of the molecule is C=N.O=C(CO)NCC1=CCNc2ccccc21. The van der Waals surface area contributed by atoms with Crippen LogP contribution in [0.25, 0.3) is 5.57 Å². The molecule has 1 aliphatic heterocycles. The number of carbonyl (C=O) groups is 1. The fraction of sp³-hybridized carbons (Fsp3) is 0.231. The Kier molecular flexibility index (Phi) is 5.60. The molecule has 0 aromatic heterocycles. The van der Waals surface area contributed by atoms with Crippen LogP contribution in [0.3, 0.4) is 0 Å². The fourth-order valence-corrected chi connectivity index (χ4v) is 1.73. The Labute approximate surface area is 106 Å². The maximum Gasteiger partial charge on any atom is 0.245 e. The van der Waals surface area contributed by atoms with Crippen LogP contribution >= 0.6 is 0 Å². The highest BCUT2D eigenvalue weighted by atomic mass is 16.3. The van der Waals surface area contributed by atoms with Crippen molar-refractivity contribution in [2.24, 2.45) is 0 Å². The molecule has 0 saturated carbocycles. The first-order valence-electron chi connectivity index (χ1n) is 5.56. The van der Waals surface area contributed by atoms with Crippen molar-refractivity contribution in [1.82, 2.24) is 5.32 Å². The number of carbonyl (C=O) groups excluding carboxylic acids is 1. The molecule has 18 heavy (non-hydrogen) atoms. The van der Waals surface area contributed by atoms with Crippen LogP contribution in [0, 0.1) is 5.41 Å². The molecule has 1 aromatic carbocycles. The number of para-hydroxylation sites is 1. The summed E-state index contributed by atoms with van der Waals surface area (Å²) in [5.41, 5.74) is 3.27. The van der Waals surface area contributed by atoms with E-state index in [1.54, 1.807) is 0 Å². The summed E-state index contributed by atoms with van der Waals surface area (Å²) in [4.78, 5) is 11.0. The second kappa shape index (κ2) is 7.24. The van der Waals surface area contributed by atoms with Gasteiger partial charge in [0, 0.05) is 24.3 Å². The molecule has 0 unspecified atom stereocenters. The summed E-state index contributed by atoms with van der Waals surface area (Å²) in [5.74, 6) is -0.350. The molecule has 2 rings (SSSR count). The minimum atomic E-state index is -0.465. The largest absolute Gasteiger partial charge is 0.387 e. The van der Waals surface area contributed by atoms with Gasteiger partial charge >= 0.3 is 0 Å². The van der Waals surface area contributed by atoms with Gasteiger partial charge in [-0.1, -0.05) is 24.3 Å². The summed E-state index contributed by atoms with van der Waals surface area (Å²) < 4.78 is 0. The Morgan fingerprint density at radius 1 is 1.44 bits per heavy atom. The Balaban J connectivity index is 0.000000771. The first-order valence-corrected chi connectivity index (χ1v) is 5.56. The zero-order valence-electron chi connectivity index (χ0n) is 10.1. The van der Waals surface area contributed by atoms with Gasteiger partial charge in [-0.15, -0.1) is 0 Å². The van der Waals surface area contributed by atoms with Gasteiger partial charge < -0.3 is 21.1 Å². The van der Waals surface area contributed by atoms with Gasteiger partial charge in [0.15, 0.2) is 0 Å². The van der Waals surface area contributed by atoms with Crippen molar-refractivity contribution >= 4 is 23.9 Å². The minimum absolute atomic E-state index is 0.350. The lowest BCUT2D eigenvalue weighted by atomic mass is 10.0. The van der Waals surface area contributed by atoms with Crippen LogP contribution in [0.2, 0.25) is 0 Å². The first kappa shape index (κ1) is 13.9. The van der Waals surface area contributed by atoms with Gasteiger partial charge in [0.1, 0.15) is 6.61 Å². The number of fused-ring (bicyclic) bond motifs is 1. The molecule has 1 aliphatic rings. The molecule has 5 heteroatoms. The number of anilines is 1. The van der Waals surface area contributed by atoms with Crippen LogP contribution in [-0.4, -0.2) is 37.4 Å². The number of benzene rings is 1. The van der Waals surface area contributed by atoms with E-state index in [9.17, 15) is 4.79 Å². The summed E-state index contributed by atoms with van der Waals surface area (Å²) in [6.07, 6.45) is 2.04. The third kappa shape index (κ3) is 3.43. The van der Waals surface area contributed by atoms with Gasteiger partial charge in [0.25, 0.3) is 0 Å². The van der Waals surface area contributed by atoms with Crippen molar-refractivity contribution in [2.45, 2.75) is 0 Å². The molecular formula is C13H17N3O2. The standard InChI is InChI=1S/C12H14N2O2.CH3N/c15-8-12(16)14-7-9-5-6-13-11-4-2-1-3-10(9)11;1-2/h1-5,13,15H,6-8H2,(H,14,16);2H,1H2. The summed E-state index contributed by atoms with van der Waals surface area (Å²) >= 11 is 0. The topological polar surface area (TPSA) is 85.2 Å². The Bertz CT molecular complexity index is 444. The zero-order valence-corrected chi connectivity index (χ0v) is 10.1. The quantitative estimate of drug-likeness (QED) is 0.598. The van der Waals surface area contributed by atoms with E-state index in [0.29, 0.717) is 6.54 Å². The molecule has 1 aromatic rings. The molecule has 5 nitrogen and oxygen atoms in total. The van der Waals surface area contributed by atoms with Crippen molar-refractivity contribution in [3.63, 3.8) is 0 Å². The molecular weight excluding hydrogens is 230 g/mol. The average molecular weight is 247 g/mol. The Morgan fingerprint density at radius 3 is 2.89 bits per heavy atom. The van der Waals surface area contributed by atoms with Gasteiger partial charge in [0.05, 0.1) is 0 Å². The van der Waals surface area contributed by atoms with E-state index in [0.717, 1.165) is 23.4 Å². The van der Waals surface area contributed by atoms with Gasteiger partial charge in [-0.2, -0.15) is 0 Å². The van der Waals surface area contributed by atoms with E-state index in [1.807, 2.05) is 30.3 Å². The molecule has 0 spiro atoms. The molecule has 0 bridgehead atoms. The summed E-state index contributed by atoms with van der Waals surface area (Å²) in [5, 5.41) is 20.0. The molecule has 1 amide bonds. The van der Waals surface area contributed by atoms with E-state index in [-0.39, 0.29) is 5.91 Å². The third-order valence-corrected chi connectivity index (χ3v) is 2.53. The molecule has 0 atom stereocenters. The minimum Gasteiger partial charge on any atom is -0.387 e. The van der Waals surface area contributed by atoms with E-state index < -0.39 is 6.61 Å². The van der Waals surface area contributed by atoms with Crippen LogP contribution in [-0.2, 0) is 4.79 Å². The molecule has 0 fully saturated rings. The fourth-order valence-electron chi connectivity index (χ4n) is 1.73. The maximum absolute atomic E-state index is 11.0. The second-order valence-electron chi connectivity index (χ2n) is 3.59. The van der Waals surface area contributed by atoms with Crippen molar-refractivity contribution in [3.8, 4) is 0 Å². The lowest BCUT2D eigenvalue weighted by molar-refractivity contribution is -0.123. The molecule has 1 heterocycles. The summed E-state index contributed by atoms with van der Waals surface area (Å²) in [7, 11) is 0. The number of aliphatic hydroxyl groups is 1. The Hall–Kier alpha value is -2.14. The highest BCUT2D eigenvalue weighted by Crippen LogP contribution is 2.26. The third-order valence-electron chi connectivity index (χ3n) is 2.53. The van der Waals surface area contributed by atoms with Gasteiger partial charge in [-0.25, -0.2) is 0 Å². The number of hydrogen-bond acceptors (Lipinski definition) is 4. The van der Waals surface area contributed by atoms with Crippen LogP contribution in [0.4, 0.5) is 5.69 Å². The Morgan fingerprint density at radius 2 is 2.17 bits per heavy atom.